The monoisotopic (exact) mass is 761 g/mol. The third-order valence-electron chi connectivity index (χ3n) is 10.8. The van der Waals surface area contributed by atoms with Gasteiger partial charge in [-0.2, -0.15) is 0 Å². The molecule has 0 radical (unpaired) electrons. The lowest BCUT2D eigenvalue weighted by molar-refractivity contribution is 1.18. The van der Waals surface area contributed by atoms with E-state index in [1.165, 1.54) is 0 Å². The van der Waals surface area contributed by atoms with Gasteiger partial charge in [0.1, 0.15) is 0 Å². The van der Waals surface area contributed by atoms with Crippen LogP contribution in [0.5, 0.6) is 0 Å². The molecule has 11 rings (SSSR count). The van der Waals surface area contributed by atoms with Gasteiger partial charge in [-0.3, -0.25) is 0 Å². The highest BCUT2D eigenvalue weighted by molar-refractivity contribution is 6.12. The van der Waals surface area contributed by atoms with Crippen molar-refractivity contribution in [2.45, 2.75) is 0 Å². The average Bonchev–Trinajstić information content (AvgIpc) is 3.71. The van der Waals surface area contributed by atoms with Gasteiger partial charge >= 0.3 is 0 Å². The largest absolute Gasteiger partial charge is 0.309 e. The Balaban J connectivity index is 1.06. The van der Waals surface area contributed by atoms with Crippen LogP contribution in [0.2, 0.25) is 0 Å². The van der Waals surface area contributed by atoms with E-state index in [0.29, 0.717) is 27.7 Å². The third-order valence-corrected chi connectivity index (χ3v) is 10.8. The van der Waals surface area contributed by atoms with Gasteiger partial charge in [0.05, 0.1) is 36.1 Å². The van der Waals surface area contributed by atoms with Crippen LogP contribution in [0.15, 0.2) is 224 Å². The fraction of sp³-hybridized carbons (Fsp3) is 0. The first-order chi connectivity index (χ1) is 33.4. The summed E-state index contributed by atoms with van der Waals surface area (Å²) in [5.41, 5.74) is 9.75. The topological polar surface area (TPSA) is 30.7 Å². The molecule has 2 aromatic heterocycles. The molecule has 0 unspecified atom stereocenters. The predicted molar refractivity (Wildman–Crippen MR) is 246 cm³/mol. The van der Waals surface area contributed by atoms with E-state index in [2.05, 4.69) is 53.1 Å². The van der Waals surface area contributed by atoms with Crippen LogP contribution in [0, 0.1) is 0 Å². The highest BCUT2D eigenvalue weighted by Gasteiger charge is 2.17. The molecular formula is C56H37N3. The Labute approximate surface area is 357 Å². The van der Waals surface area contributed by atoms with Crippen molar-refractivity contribution in [3.05, 3.63) is 224 Å². The first-order valence-corrected chi connectivity index (χ1v) is 19.2. The Hall–Kier alpha value is -7.88. The second-order valence-electron chi connectivity index (χ2n) is 14.2. The van der Waals surface area contributed by atoms with E-state index in [4.69, 9.17) is 23.7 Å². The second-order valence-corrected chi connectivity index (χ2v) is 14.2. The minimum atomic E-state index is -0.484. The van der Waals surface area contributed by atoms with Crippen molar-refractivity contribution in [1.29, 1.82) is 0 Å². The van der Waals surface area contributed by atoms with Gasteiger partial charge in [-0.1, -0.05) is 182 Å². The zero-order valence-corrected chi connectivity index (χ0v) is 31.4. The van der Waals surface area contributed by atoms with E-state index in [9.17, 15) is 0 Å². The van der Waals surface area contributed by atoms with Crippen molar-refractivity contribution in [2.75, 3.05) is 0 Å². The Morgan fingerprint density at radius 3 is 1.42 bits per heavy atom. The van der Waals surface area contributed by atoms with Gasteiger partial charge in [-0.05, 0) is 86.6 Å². The van der Waals surface area contributed by atoms with Crippen LogP contribution in [0.4, 0.5) is 0 Å². The van der Waals surface area contributed by atoms with Crippen molar-refractivity contribution in [1.82, 2.24) is 14.5 Å². The predicted octanol–water partition coefficient (Wildman–Crippen LogP) is 14.7. The SMILES string of the molecule is [2H]c1c([2H])c([2H])c(-c2ccc3c(c2)c2cc(-c4c([2H])c([2H])c([2H])c([2H])c4[2H])ccc2n3-c2ccc(-c3ccc(-c4cc(-c5ccccc5)nc(-c5ccccc5)n4)c4ccccc34)cc2)c([2H])c1[2H]. The van der Waals surface area contributed by atoms with Gasteiger partial charge in [0, 0.05) is 33.2 Å². The van der Waals surface area contributed by atoms with Gasteiger partial charge in [0.15, 0.2) is 5.82 Å². The van der Waals surface area contributed by atoms with Crippen LogP contribution in [0.1, 0.15) is 13.7 Å². The van der Waals surface area contributed by atoms with Crippen molar-refractivity contribution >= 4 is 32.6 Å². The zero-order valence-electron chi connectivity index (χ0n) is 41.4. The molecule has 0 N–H and O–H groups in total. The highest BCUT2D eigenvalue weighted by Crippen LogP contribution is 2.40. The molecule has 3 nitrogen and oxygen atoms in total. The number of rotatable bonds is 7. The molecule has 0 fully saturated rings. The normalized spacial score (nSPS) is 13.8. The van der Waals surface area contributed by atoms with E-state index >= 15 is 0 Å². The molecule has 0 aliphatic rings. The summed E-state index contributed by atoms with van der Waals surface area (Å²) in [4.78, 5) is 10.1. The Morgan fingerprint density at radius 2 is 0.831 bits per heavy atom. The summed E-state index contributed by atoms with van der Waals surface area (Å²) in [6.07, 6.45) is 0. The number of hydrogen-bond acceptors (Lipinski definition) is 2. The number of nitrogens with zero attached hydrogens (tertiary/aromatic N) is 3. The molecule has 3 heteroatoms. The van der Waals surface area contributed by atoms with Crippen molar-refractivity contribution in [3.8, 4) is 73.0 Å². The minimum absolute atomic E-state index is 0.0566. The van der Waals surface area contributed by atoms with Crippen LogP contribution in [-0.2, 0) is 0 Å². The zero-order chi connectivity index (χ0) is 47.8. The Kier molecular flexibility index (Phi) is 6.27. The quantitative estimate of drug-likeness (QED) is 0.162. The fourth-order valence-electron chi connectivity index (χ4n) is 8.02. The van der Waals surface area contributed by atoms with Crippen LogP contribution in [0.3, 0.4) is 0 Å². The molecular weight excluding hydrogens is 715 g/mol. The average molecular weight is 762 g/mol. The van der Waals surface area contributed by atoms with E-state index < -0.39 is 36.3 Å². The van der Waals surface area contributed by atoms with Gasteiger partial charge in [0.25, 0.3) is 0 Å². The van der Waals surface area contributed by atoms with Crippen molar-refractivity contribution in [2.24, 2.45) is 0 Å². The van der Waals surface area contributed by atoms with Gasteiger partial charge in [-0.15, -0.1) is 0 Å². The maximum absolute atomic E-state index is 8.74. The van der Waals surface area contributed by atoms with E-state index in [1.54, 1.807) is 24.3 Å². The minimum Gasteiger partial charge on any atom is -0.309 e. The molecule has 0 bridgehead atoms. The molecule has 0 aliphatic heterocycles. The number of aromatic nitrogens is 3. The van der Waals surface area contributed by atoms with Crippen LogP contribution < -0.4 is 0 Å². The highest BCUT2D eigenvalue weighted by atomic mass is 15.0. The van der Waals surface area contributed by atoms with E-state index in [-0.39, 0.29) is 35.3 Å². The molecule has 9 aromatic carbocycles. The maximum Gasteiger partial charge on any atom is 0.160 e. The smallest absolute Gasteiger partial charge is 0.160 e. The number of hydrogen-bond donors (Lipinski definition) is 0. The maximum atomic E-state index is 8.74. The lowest BCUT2D eigenvalue weighted by Crippen LogP contribution is -1.97. The summed E-state index contributed by atoms with van der Waals surface area (Å²) in [5, 5.41) is 3.42. The van der Waals surface area contributed by atoms with Crippen molar-refractivity contribution in [3.63, 3.8) is 0 Å². The van der Waals surface area contributed by atoms with E-state index in [1.807, 2.05) is 91.0 Å². The van der Waals surface area contributed by atoms with Crippen molar-refractivity contribution < 1.29 is 13.7 Å². The molecule has 11 aromatic rings. The molecule has 0 spiro atoms. The first-order valence-electron chi connectivity index (χ1n) is 24.2. The van der Waals surface area contributed by atoms with Crippen LogP contribution >= 0.6 is 0 Å². The van der Waals surface area contributed by atoms with Crippen LogP contribution in [0.25, 0.3) is 106 Å². The van der Waals surface area contributed by atoms with Gasteiger partial charge < -0.3 is 4.57 Å². The Bertz CT molecular complexity index is 3650. The van der Waals surface area contributed by atoms with Crippen LogP contribution in [-0.4, -0.2) is 14.5 Å². The summed E-state index contributed by atoms with van der Waals surface area (Å²) in [7, 11) is 0. The molecule has 0 amide bonds. The lowest BCUT2D eigenvalue weighted by Gasteiger charge is -2.14. The van der Waals surface area contributed by atoms with Gasteiger partial charge in [0.2, 0.25) is 0 Å². The first kappa shape index (κ1) is 25.4. The molecule has 0 saturated heterocycles. The number of fused-ring (bicyclic) bond motifs is 4. The fourth-order valence-corrected chi connectivity index (χ4v) is 8.02. The lowest BCUT2D eigenvalue weighted by atomic mass is 9.93. The molecule has 276 valence electrons. The molecule has 2 heterocycles. The van der Waals surface area contributed by atoms with Gasteiger partial charge in [-0.25, -0.2) is 9.97 Å². The second kappa shape index (κ2) is 14.6. The number of benzene rings is 9. The molecule has 59 heavy (non-hydrogen) atoms. The molecule has 0 saturated carbocycles. The molecule has 0 atom stereocenters. The summed E-state index contributed by atoms with van der Waals surface area (Å²) in [5.74, 6) is 0.636. The summed E-state index contributed by atoms with van der Waals surface area (Å²) < 4.78 is 86.8. The standard InChI is InChI=1S/C56H37N3/c1-5-15-38(16-6-1)43-27-33-54-50(35-43)51-36-44(39-17-7-2-8-18-39)28-34-55(51)59(54)45-29-25-40(26-30-45)46-31-32-49(48-24-14-13-23-47(46)48)53-37-52(41-19-9-3-10-20-41)57-56(58-53)42-21-11-4-12-22-42/h1-37H/i1D,2D,5D,6D,7D,8D,15D,16D,17D,18D. The molecule has 0 aliphatic carbocycles. The summed E-state index contributed by atoms with van der Waals surface area (Å²) in [6, 6.07) is 49.6. The summed E-state index contributed by atoms with van der Waals surface area (Å²) in [6.45, 7) is 0. The summed E-state index contributed by atoms with van der Waals surface area (Å²) >= 11 is 0. The Morgan fingerprint density at radius 1 is 0.339 bits per heavy atom. The third kappa shape index (κ3) is 6.26. The van der Waals surface area contributed by atoms with E-state index in [0.717, 1.165) is 66.7 Å².